The highest BCUT2D eigenvalue weighted by atomic mass is 79.9. The number of hydrogen-bond acceptors (Lipinski definition) is 3. The Kier molecular flexibility index (Phi) is 7.97. The lowest BCUT2D eigenvalue weighted by Crippen LogP contribution is -2.23. The van der Waals surface area contributed by atoms with Crippen LogP contribution < -0.4 is 5.32 Å². The number of rotatable bonds is 8. The molecular formula is C12H18BrNOS2. The SMILES string of the molecule is CSCCCCCCNC(=O)c1csc(Br)c1. The fraction of sp³-hybridized carbons (Fsp3) is 0.583. The minimum Gasteiger partial charge on any atom is -0.352 e. The van der Waals surface area contributed by atoms with Gasteiger partial charge < -0.3 is 5.32 Å². The molecule has 1 amide bonds. The molecule has 0 radical (unpaired) electrons. The molecule has 1 aromatic heterocycles. The van der Waals surface area contributed by atoms with Gasteiger partial charge in [-0.1, -0.05) is 12.8 Å². The first kappa shape index (κ1) is 15.1. The van der Waals surface area contributed by atoms with Crippen molar-refractivity contribution in [2.45, 2.75) is 25.7 Å². The predicted molar refractivity (Wildman–Crippen MR) is 81.2 cm³/mol. The summed E-state index contributed by atoms with van der Waals surface area (Å²) in [7, 11) is 0. The third-order valence-corrected chi connectivity index (χ3v) is 4.59. The normalized spacial score (nSPS) is 10.5. The summed E-state index contributed by atoms with van der Waals surface area (Å²) in [5.41, 5.74) is 0.754. The van der Waals surface area contributed by atoms with Gasteiger partial charge in [-0.05, 0) is 46.8 Å². The molecule has 0 aliphatic heterocycles. The lowest BCUT2D eigenvalue weighted by molar-refractivity contribution is 0.0953. The number of thiophene rings is 1. The number of carbonyl (C=O) groups is 1. The molecule has 1 rings (SSSR count). The van der Waals surface area contributed by atoms with E-state index in [0.717, 1.165) is 22.3 Å². The number of hydrogen-bond donors (Lipinski definition) is 1. The van der Waals surface area contributed by atoms with E-state index >= 15 is 0 Å². The minimum atomic E-state index is 0.0380. The molecule has 0 saturated heterocycles. The van der Waals surface area contributed by atoms with E-state index in [4.69, 9.17) is 0 Å². The molecule has 0 aliphatic carbocycles. The van der Waals surface area contributed by atoms with Crippen molar-refractivity contribution >= 4 is 44.9 Å². The number of amides is 1. The summed E-state index contributed by atoms with van der Waals surface area (Å²) in [5.74, 6) is 1.28. The van der Waals surface area contributed by atoms with E-state index in [1.165, 1.54) is 36.4 Å². The van der Waals surface area contributed by atoms with Gasteiger partial charge in [0.1, 0.15) is 0 Å². The van der Waals surface area contributed by atoms with E-state index in [-0.39, 0.29) is 5.91 Å². The average molecular weight is 336 g/mol. The average Bonchev–Trinajstić information content (AvgIpc) is 2.74. The van der Waals surface area contributed by atoms with Crippen LogP contribution in [0.5, 0.6) is 0 Å². The summed E-state index contributed by atoms with van der Waals surface area (Å²) < 4.78 is 1.000. The van der Waals surface area contributed by atoms with E-state index in [2.05, 4.69) is 27.5 Å². The van der Waals surface area contributed by atoms with E-state index in [1.54, 1.807) is 0 Å². The second-order valence-corrected chi connectivity index (χ2v) is 7.08. The molecule has 2 nitrogen and oxygen atoms in total. The summed E-state index contributed by atoms with van der Waals surface area (Å²) in [6.07, 6.45) is 6.96. The molecule has 0 unspecified atom stereocenters. The maximum Gasteiger partial charge on any atom is 0.252 e. The first-order chi connectivity index (χ1) is 8.24. The Balaban J connectivity index is 2.05. The Bertz CT molecular complexity index is 341. The topological polar surface area (TPSA) is 29.1 Å². The molecule has 0 aromatic carbocycles. The molecule has 0 atom stereocenters. The Morgan fingerprint density at radius 1 is 1.41 bits per heavy atom. The molecule has 0 spiro atoms. The minimum absolute atomic E-state index is 0.0380. The van der Waals surface area contributed by atoms with Crippen molar-refractivity contribution in [3.05, 3.63) is 20.8 Å². The van der Waals surface area contributed by atoms with E-state index in [0.29, 0.717) is 0 Å². The summed E-state index contributed by atoms with van der Waals surface area (Å²) in [4.78, 5) is 11.7. The quantitative estimate of drug-likeness (QED) is 0.722. The van der Waals surface area contributed by atoms with Gasteiger partial charge in [0, 0.05) is 11.9 Å². The summed E-state index contributed by atoms with van der Waals surface area (Å²) in [5, 5.41) is 4.82. The van der Waals surface area contributed by atoms with E-state index in [1.807, 2.05) is 23.2 Å². The third kappa shape index (κ3) is 6.48. The first-order valence-electron chi connectivity index (χ1n) is 5.75. The van der Waals surface area contributed by atoms with Gasteiger partial charge in [0.05, 0.1) is 9.35 Å². The van der Waals surface area contributed by atoms with Gasteiger partial charge in [0.25, 0.3) is 5.91 Å². The van der Waals surface area contributed by atoms with Crippen molar-refractivity contribution in [3.63, 3.8) is 0 Å². The molecule has 1 aromatic rings. The van der Waals surface area contributed by atoms with Crippen LogP contribution in [0, 0.1) is 0 Å². The lowest BCUT2D eigenvalue weighted by atomic mass is 10.2. The standard InChI is InChI=1S/C12H18BrNOS2/c1-16-7-5-3-2-4-6-14-12(15)10-8-11(13)17-9-10/h8-9H,2-7H2,1H3,(H,14,15). The Morgan fingerprint density at radius 2 is 2.18 bits per heavy atom. The van der Waals surface area contributed by atoms with E-state index in [9.17, 15) is 4.79 Å². The van der Waals surface area contributed by atoms with E-state index < -0.39 is 0 Å². The van der Waals surface area contributed by atoms with Crippen LogP contribution in [0.2, 0.25) is 0 Å². The van der Waals surface area contributed by atoms with Crippen molar-refractivity contribution < 1.29 is 4.79 Å². The van der Waals surface area contributed by atoms with Gasteiger partial charge >= 0.3 is 0 Å². The van der Waals surface area contributed by atoms with Gasteiger partial charge in [-0.15, -0.1) is 11.3 Å². The molecular weight excluding hydrogens is 318 g/mol. The summed E-state index contributed by atoms with van der Waals surface area (Å²) in [6.45, 7) is 0.783. The molecule has 17 heavy (non-hydrogen) atoms. The molecule has 5 heteroatoms. The highest BCUT2D eigenvalue weighted by molar-refractivity contribution is 9.11. The largest absolute Gasteiger partial charge is 0.352 e. The summed E-state index contributed by atoms with van der Waals surface area (Å²) in [6, 6.07) is 1.86. The van der Waals surface area contributed by atoms with Gasteiger partial charge in [0.15, 0.2) is 0 Å². The number of carbonyl (C=O) groups excluding carboxylic acids is 1. The Morgan fingerprint density at radius 3 is 2.82 bits per heavy atom. The van der Waals surface area contributed by atoms with Crippen LogP contribution >= 0.6 is 39.0 Å². The molecule has 0 bridgehead atoms. The maximum absolute atomic E-state index is 11.7. The van der Waals surface area contributed by atoms with Crippen molar-refractivity contribution in [3.8, 4) is 0 Å². The number of nitrogens with one attached hydrogen (secondary N) is 1. The third-order valence-electron chi connectivity index (χ3n) is 2.39. The van der Waals surface area contributed by atoms with Crippen LogP contribution in [-0.4, -0.2) is 24.5 Å². The number of halogens is 1. The summed E-state index contributed by atoms with van der Waals surface area (Å²) >= 11 is 6.79. The first-order valence-corrected chi connectivity index (χ1v) is 8.82. The molecule has 0 fully saturated rings. The smallest absolute Gasteiger partial charge is 0.252 e. The van der Waals surface area contributed by atoms with Crippen molar-refractivity contribution in [1.82, 2.24) is 5.32 Å². The molecule has 0 aliphatic rings. The van der Waals surface area contributed by atoms with Crippen LogP contribution in [0.1, 0.15) is 36.0 Å². The van der Waals surface area contributed by atoms with Crippen molar-refractivity contribution in [1.29, 1.82) is 0 Å². The number of thioether (sulfide) groups is 1. The highest BCUT2D eigenvalue weighted by Gasteiger charge is 2.06. The van der Waals surface area contributed by atoms with Crippen LogP contribution in [0.4, 0.5) is 0 Å². The van der Waals surface area contributed by atoms with Crippen LogP contribution in [0.25, 0.3) is 0 Å². The fourth-order valence-corrected chi connectivity index (χ4v) is 3.09. The van der Waals surface area contributed by atoms with Gasteiger partial charge in [-0.25, -0.2) is 0 Å². The predicted octanol–water partition coefficient (Wildman–Crippen LogP) is 4.16. The monoisotopic (exact) mass is 335 g/mol. The molecule has 96 valence electrons. The number of unbranched alkanes of at least 4 members (excludes halogenated alkanes) is 3. The maximum atomic E-state index is 11.7. The second kappa shape index (κ2) is 9.00. The van der Waals surface area contributed by atoms with Gasteiger partial charge in [-0.3, -0.25) is 4.79 Å². The fourth-order valence-electron chi connectivity index (χ4n) is 1.46. The zero-order valence-electron chi connectivity index (χ0n) is 10.0. The van der Waals surface area contributed by atoms with Crippen LogP contribution in [0.3, 0.4) is 0 Å². The molecule has 0 saturated carbocycles. The molecule has 1 N–H and O–H groups in total. The van der Waals surface area contributed by atoms with Gasteiger partial charge in [0.2, 0.25) is 0 Å². The second-order valence-electron chi connectivity index (χ2n) is 3.80. The van der Waals surface area contributed by atoms with Crippen LogP contribution in [0.15, 0.2) is 15.2 Å². The van der Waals surface area contributed by atoms with Crippen LogP contribution in [-0.2, 0) is 0 Å². The molecule has 1 heterocycles. The Hall–Kier alpha value is -0.000000000000000111. The highest BCUT2D eigenvalue weighted by Crippen LogP contribution is 2.20. The Labute approximate surface area is 120 Å². The zero-order valence-corrected chi connectivity index (χ0v) is 13.2. The van der Waals surface area contributed by atoms with Crippen molar-refractivity contribution in [2.75, 3.05) is 18.6 Å². The van der Waals surface area contributed by atoms with Gasteiger partial charge in [-0.2, -0.15) is 11.8 Å². The zero-order chi connectivity index (χ0) is 12.5. The van der Waals surface area contributed by atoms with Crippen molar-refractivity contribution in [2.24, 2.45) is 0 Å². The lowest BCUT2D eigenvalue weighted by Gasteiger charge is -2.03.